The van der Waals surface area contributed by atoms with Gasteiger partial charge in [0.2, 0.25) is 5.91 Å². The SMILES string of the molecule is C#CCNC(=O)C(C)(C#N)CC. The van der Waals surface area contributed by atoms with E-state index < -0.39 is 5.41 Å². The maximum atomic E-state index is 11.3. The molecule has 1 N–H and O–H groups in total. The van der Waals surface area contributed by atoms with Crippen molar-refractivity contribution >= 4 is 5.91 Å². The molecular weight excluding hydrogens is 152 g/mol. The molecule has 64 valence electrons. The summed E-state index contributed by atoms with van der Waals surface area (Å²) in [6.45, 7) is 3.56. The van der Waals surface area contributed by atoms with Gasteiger partial charge in [0, 0.05) is 0 Å². The number of hydrogen-bond acceptors (Lipinski definition) is 2. The fourth-order valence-corrected chi connectivity index (χ4v) is 0.617. The summed E-state index contributed by atoms with van der Waals surface area (Å²) in [5, 5.41) is 11.2. The third-order valence-corrected chi connectivity index (χ3v) is 1.81. The van der Waals surface area contributed by atoms with Crippen LogP contribution in [0.5, 0.6) is 0 Å². The third kappa shape index (κ3) is 2.29. The first kappa shape index (κ1) is 10.5. The highest BCUT2D eigenvalue weighted by Crippen LogP contribution is 2.18. The fourth-order valence-electron chi connectivity index (χ4n) is 0.617. The second-order valence-corrected chi connectivity index (χ2v) is 2.68. The van der Waals surface area contributed by atoms with Crippen molar-refractivity contribution in [3.63, 3.8) is 0 Å². The number of rotatable bonds is 3. The lowest BCUT2D eigenvalue weighted by Crippen LogP contribution is -2.37. The predicted molar refractivity (Wildman–Crippen MR) is 45.9 cm³/mol. The lowest BCUT2D eigenvalue weighted by molar-refractivity contribution is -0.127. The van der Waals surface area contributed by atoms with Crippen LogP contribution in [0.4, 0.5) is 0 Å². The van der Waals surface area contributed by atoms with Gasteiger partial charge in [0.05, 0.1) is 12.6 Å². The Morgan fingerprint density at radius 2 is 2.33 bits per heavy atom. The van der Waals surface area contributed by atoms with E-state index in [4.69, 9.17) is 11.7 Å². The molecule has 3 heteroatoms. The van der Waals surface area contributed by atoms with E-state index in [1.165, 1.54) is 0 Å². The number of nitriles is 1. The molecule has 0 bridgehead atoms. The normalized spacial score (nSPS) is 13.7. The predicted octanol–water partition coefficient (Wildman–Crippen LogP) is 0.676. The zero-order valence-corrected chi connectivity index (χ0v) is 7.35. The largest absolute Gasteiger partial charge is 0.344 e. The van der Waals surface area contributed by atoms with E-state index in [-0.39, 0.29) is 12.5 Å². The zero-order valence-electron chi connectivity index (χ0n) is 7.35. The Morgan fingerprint density at radius 3 is 2.67 bits per heavy atom. The van der Waals surface area contributed by atoms with Crippen LogP contribution in [0.1, 0.15) is 20.3 Å². The molecule has 0 spiro atoms. The Morgan fingerprint density at radius 1 is 1.75 bits per heavy atom. The quantitative estimate of drug-likeness (QED) is 0.623. The van der Waals surface area contributed by atoms with Crippen LogP contribution < -0.4 is 5.32 Å². The molecular formula is C9H12N2O. The van der Waals surface area contributed by atoms with Crippen LogP contribution in [0.2, 0.25) is 0 Å². The molecule has 0 radical (unpaired) electrons. The second-order valence-electron chi connectivity index (χ2n) is 2.68. The van der Waals surface area contributed by atoms with Crippen LogP contribution >= 0.6 is 0 Å². The minimum absolute atomic E-state index is 0.177. The van der Waals surface area contributed by atoms with Crippen molar-refractivity contribution in [3.8, 4) is 18.4 Å². The Kier molecular flexibility index (Phi) is 3.86. The molecule has 0 aliphatic carbocycles. The first-order valence-electron chi connectivity index (χ1n) is 3.73. The first-order chi connectivity index (χ1) is 5.60. The molecule has 1 amide bonds. The second kappa shape index (κ2) is 4.41. The van der Waals surface area contributed by atoms with Gasteiger partial charge >= 0.3 is 0 Å². The summed E-state index contributed by atoms with van der Waals surface area (Å²) in [4.78, 5) is 11.3. The lowest BCUT2D eigenvalue weighted by Gasteiger charge is -2.17. The molecule has 0 saturated heterocycles. The number of nitrogens with zero attached hydrogens (tertiary/aromatic N) is 1. The highest BCUT2D eigenvalue weighted by Gasteiger charge is 2.30. The average Bonchev–Trinajstić information content (AvgIpc) is 2.12. The highest BCUT2D eigenvalue weighted by atomic mass is 16.2. The van der Waals surface area contributed by atoms with Gasteiger partial charge in [-0.1, -0.05) is 12.8 Å². The van der Waals surface area contributed by atoms with Crippen LogP contribution in [-0.2, 0) is 4.79 Å². The molecule has 0 rings (SSSR count). The van der Waals surface area contributed by atoms with Crippen LogP contribution in [0.25, 0.3) is 0 Å². The van der Waals surface area contributed by atoms with Gasteiger partial charge in [-0.25, -0.2) is 0 Å². The topological polar surface area (TPSA) is 52.9 Å². The van der Waals surface area contributed by atoms with Crippen molar-refractivity contribution in [1.29, 1.82) is 5.26 Å². The van der Waals surface area contributed by atoms with Gasteiger partial charge in [0.15, 0.2) is 0 Å². The van der Waals surface area contributed by atoms with Crippen LogP contribution in [0.15, 0.2) is 0 Å². The molecule has 0 aromatic carbocycles. The number of amides is 1. The van der Waals surface area contributed by atoms with E-state index in [1.807, 2.05) is 6.07 Å². The van der Waals surface area contributed by atoms with Crippen molar-refractivity contribution in [2.75, 3.05) is 6.54 Å². The van der Waals surface area contributed by atoms with Gasteiger partial charge in [0.1, 0.15) is 5.41 Å². The summed E-state index contributed by atoms with van der Waals surface area (Å²) in [7, 11) is 0. The molecule has 0 aliphatic heterocycles. The minimum Gasteiger partial charge on any atom is -0.344 e. The number of carbonyl (C=O) groups is 1. The van der Waals surface area contributed by atoms with Crippen molar-refractivity contribution < 1.29 is 4.79 Å². The summed E-state index contributed by atoms with van der Waals surface area (Å²) < 4.78 is 0. The third-order valence-electron chi connectivity index (χ3n) is 1.81. The summed E-state index contributed by atoms with van der Waals surface area (Å²) in [6.07, 6.45) is 5.44. The van der Waals surface area contributed by atoms with Crippen molar-refractivity contribution in [2.45, 2.75) is 20.3 Å². The Hall–Kier alpha value is -1.48. The molecule has 1 unspecified atom stereocenters. The highest BCUT2D eigenvalue weighted by molar-refractivity contribution is 5.85. The minimum atomic E-state index is -0.948. The Bertz CT molecular complexity index is 246. The monoisotopic (exact) mass is 164 g/mol. The van der Waals surface area contributed by atoms with Crippen LogP contribution in [-0.4, -0.2) is 12.5 Å². The number of carbonyl (C=O) groups excluding carboxylic acids is 1. The fraction of sp³-hybridized carbons (Fsp3) is 0.556. The molecule has 0 fully saturated rings. The van der Waals surface area contributed by atoms with Gasteiger partial charge < -0.3 is 5.32 Å². The van der Waals surface area contributed by atoms with E-state index >= 15 is 0 Å². The maximum absolute atomic E-state index is 11.3. The van der Waals surface area contributed by atoms with E-state index in [9.17, 15) is 4.79 Å². The van der Waals surface area contributed by atoms with E-state index in [0.29, 0.717) is 6.42 Å². The maximum Gasteiger partial charge on any atom is 0.240 e. The van der Waals surface area contributed by atoms with E-state index in [2.05, 4.69) is 11.2 Å². The lowest BCUT2D eigenvalue weighted by atomic mass is 9.88. The van der Waals surface area contributed by atoms with Gasteiger partial charge in [-0.2, -0.15) is 5.26 Å². The van der Waals surface area contributed by atoms with E-state index in [1.54, 1.807) is 13.8 Å². The molecule has 0 heterocycles. The number of hydrogen-bond donors (Lipinski definition) is 1. The number of nitrogens with one attached hydrogen (secondary N) is 1. The molecule has 0 aliphatic rings. The average molecular weight is 164 g/mol. The zero-order chi connectivity index (χ0) is 9.61. The molecule has 1 atom stereocenters. The van der Waals surface area contributed by atoms with Crippen molar-refractivity contribution in [2.24, 2.45) is 5.41 Å². The van der Waals surface area contributed by atoms with E-state index in [0.717, 1.165) is 0 Å². The summed E-state index contributed by atoms with van der Waals surface area (Å²) in [6, 6.07) is 1.96. The molecule has 0 saturated carbocycles. The van der Waals surface area contributed by atoms with Gasteiger partial charge in [-0.05, 0) is 13.3 Å². The van der Waals surface area contributed by atoms with Gasteiger partial charge in [-0.15, -0.1) is 6.42 Å². The van der Waals surface area contributed by atoms with Crippen LogP contribution in [0, 0.1) is 29.1 Å². The van der Waals surface area contributed by atoms with Gasteiger partial charge in [-0.3, -0.25) is 4.79 Å². The Balaban J connectivity index is 4.27. The van der Waals surface area contributed by atoms with Crippen molar-refractivity contribution in [1.82, 2.24) is 5.32 Å². The Labute approximate surface area is 72.8 Å². The number of terminal acetylenes is 1. The summed E-state index contributed by atoms with van der Waals surface area (Å²) >= 11 is 0. The summed E-state index contributed by atoms with van der Waals surface area (Å²) in [5.74, 6) is 1.98. The molecule has 12 heavy (non-hydrogen) atoms. The van der Waals surface area contributed by atoms with Crippen LogP contribution in [0.3, 0.4) is 0 Å². The first-order valence-corrected chi connectivity index (χ1v) is 3.73. The van der Waals surface area contributed by atoms with Gasteiger partial charge in [0.25, 0.3) is 0 Å². The molecule has 3 nitrogen and oxygen atoms in total. The summed E-state index contributed by atoms with van der Waals surface area (Å²) in [5.41, 5.74) is -0.948. The molecule has 0 aromatic rings. The standard InChI is InChI=1S/C9H12N2O/c1-4-6-11-8(12)9(3,5-2)7-10/h1H,5-6H2,2-3H3,(H,11,12). The van der Waals surface area contributed by atoms with Crippen molar-refractivity contribution in [3.05, 3.63) is 0 Å². The smallest absolute Gasteiger partial charge is 0.240 e. The molecule has 0 aromatic heterocycles.